The molecule has 0 spiro atoms. The van der Waals surface area contributed by atoms with Gasteiger partial charge in [-0.15, -0.1) is 11.3 Å². The van der Waals surface area contributed by atoms with Gasteiger partial charge in [0.2, 0.25) is 5.91 Å². The van der Waals surface area contributed by atoms with E-state index in [1.54, 1.807) is 17.5 Å². The number of carbonyl (C=O) groups excluding carboxylic acids is 2. The third kappa shape index (κ3) is 5.83. The van der Waals surface area contributed by atoms with E-state index in [1.165, 1.54) is 63.9 Å². The summed E-state index contributed by atoms with van der Waals surface area (Å²) in [6.07, 6.45) is 4.33. The van der Waals surface area contributed by atoms with E-state index in [0.717, 1.165) is 23.9 Å². The molecule has 202 valence electrons. The zero-order valence-corrected chi connectivity index (χ0v) is 22.6. The molecule has 0 radical (unpaired) electrons. The lowest BCUT2D eigenvalue weighted by Crippen LogP contribution is -2.48. The zero-order valence-electron chi connectivity index (χ0n) is 20.2. The Morgan fingerprint density at radius 1 is 1.10 bits per heavy atom. The number of thiophene rings is 1. The van der Waals surface area contributed by atoms with Crippen LogP contribution >= 0.6 is 35.3 Å². The van der Waals surface area contributed by atoms with Crippen LogP contribution in [0.15, 0.2) is 71.5 Å². The lowest BCUT2D eigenvalue weighted by atomic mass is 10.1. The predicted octanol–water partition coefficient (Wildman–Crippen LogP) is 4.89. The van der Waals surface area contributed by atoms with Crippen molar-refractivity contribution >= 4 is 69.2 Å². The molecule has 1 saturated heterocycles. The van der Waals surface area contributed by atoms with Gasteiger partial charge in [0.05, 0.1) is 17.0 Å². The van der Waals surface area contributed by atoms with Crippen LogP contribution in [0.5, 0.6) is 0 Å². The number of rotatable bonds is 8. The van der Waals surface area contributed by atoms with Crippen LogP contribution in [0.2, 0.25) is 0 Å². The molecule has 9 nitrogen and oxygen atoms in total. The van der Waals surface area contributed by atoms with E-state index >= 15 is 0 Å². The molecule has 3 heterocycles. The second kappa shape index (κ2) is 11.5. The molecule has 1 aliphatic heterocycles. The van der Waals surface area contributed by atoms with Crippen LogP contribution in [0.25, 0.3) is 17.2 Å². The Hall–Kier alpha value is -4.27. The van der Waals surface area contributed by atoms with Gasteiger partial charge in [0.1, 0.15) is 23.0 Å². The van der Waals surface area contributed by atoms with Gasteiger partial charge in [-0.2, -0.15) is 5.10 Å². The van der Waals surface area contributed by atoms with Crippen LogP contribution in [-0.2, 0) is 16.1 Å². The van der Waals surface area contributed by atoms with Crippen LogP contribution in [-0.4, -0.2) is 52.9 Å². The monoisotopic (exact) mass is 597 g/mol. The molecule has 2 aromatic carbocycles. The second-order valence-electron chi connectivity index (χ2n) is 8.42. The summed E-state index contributed by atoms with van der Waals surface area (Å²) in [5, 5.41) is 17.6. The number of carboxylic acids is 1. The fourth-order valence-electron chi connectivity index (χ4n) is 3.84. The number of aromatic nitrogens is 3. The number of hydrogen-bond donors (Lipinski definition) is 2. The molecule has 5 rings (SSSR count). The number of carboxylic acid groups (broad SMARTS) is 1. The minimum atomic E-state index is -1.10. The largest absolute Gasteiger partial charge is 0.478 e. The van der Waals surface area contributed by atoms with Crippen molar-refractivity contribution in [1.29, 1.82) is 0 Å². The van der Waals surface area contributed by atoms with Crippen molar-refractivity contribution in [3.63, 3.8) is 0 Å². The smallest absolute Gasteiger partial charge is 0.335 e. The first kappa shape index (κ1) is 27.3. The second-order valence-corrected chi connectivity index (χ2v) is 11.0. The van der Waals surface area contributed by atoms with Crippen molar-refractivity contribution in [3.8, 4) is 11.1 Å². The molecule has 0 bridgehead atoms. The molecule has 40 heavy (non-hydrogen) atoms. The molecule has 4 aromatic rings. The highest BCUT2D eigenvalue weighted by atomic mass is 32.2. The minimum Gasteiger partial charge on any atom is -0.478 e. The lowest BCUT2D eigenvalue weighted by Gasteiger charge is -2.25. The molecule has 2 aromatic heterocycles. The number of anilines is 1. The molecule has 1 atom stereocenters. The summed E-state index contributed by atoms with van der Waals surface area (Å²) in [5.74, 6) is -4.05. The maximum atomic E-state index is 13.7. The molecule has 0 unspecified atom stereocenters. The van der Waals surface area contributed by atoms with Crippen LogP contribution < -0.4 is 5.32 Å². The fourth-order valence-corrected chi connectivity index (χ4v) is 6.11. The van der Waals surface area contributed by atoms with E-state index in [1.807, 2.05) is 0 Å². The highest BCUT2D eigenvalue weighted by molar-refractivity contribution is 8.26. The average molecular weight is 598 g/mol. The minimum absolute atomic E-state index is 0.0436. The third-order valence-corrected chi connectivity index (χ3v) is 8.02. The van der Waals surface area contributed by atoms with Gasteiger partial charge < -0.3 is 10.4 Å². The highest BCUT2D eigenvalue weighted by Crippen LogP contribution is 2.36. The number of nitrogens with one attached hydrogen (secondary N) is 1. The van der Waals surface area contributed by atoms with Gasteiger partial charge in [-0.25, -0.2) is 18.6 Å². The highest BCUT2D eigenvalue weighted by Gasteiger charge is 2.41. The van der Waals surface area contributed by atoms with E-state index in [9.17, 15) is 23.2 Å². The number of hydrogen-bond acceptors (Lipinski definition) is 8. The van der Waals surface area contributed by atoms with Crippen molar-refractivity contribution in [2.24, 2.45) is 0 Å². The van der Waals surface area contributed by atoms with Gasteiger partial charge in [0.25, 0.3) is 5.91 Å². The van der Waals surface area contributed by atoms with E-state index in [-0.39, 0.29) is 21.3 Å². The summed E-state index contributed by atoms with van der Waals surface area (Å²) in [7, 11) is 0. The van der Waals surface area contributed by atoms with Crippen molar-refractivity contribution in [2.75, 3.05) is 5.32 Å². The van der Waals surface area contributed by atoms with Gasteiger partial charge in [0.15, 0.2) is 11.6 Å². The number of nitrogens with zero attached hydrogens (tertiary/aromatic N) is 4. The molecule has 2 N–H and O–H groups in total. The molecule has 14 heteroatoms. The first-order valence-corrected chi connectivity index (χ1v) is 13.6. The SMILES string of the molecule is O=C(O)c1ccc(NC(=O)[C@H](Cn2cncn2)N2C(=O)C(=Cc3cc(-c4ccc(F)c(F)c4)cs3)SC2=S)cc1. The number of carbonyl (C=O) groups is 3. The maximum Gasteiger partial charge on any atom is 0.335 e. The number of halogens is 2. The molecule has 1 fully saturated rings. The van der Waals surface area contributed by atoms with Crippen LogP contribution in [0.4, 0.5) is 14.5 Å². The number of amides is 2. The van der Waals surface area contributed by atoms with Crippen molar-refractivity contribution in [3.05, 3.63) is 93.5 Å². The Morgan fingerprint density at radius 3 is 2.55 bits per heavy atom. The van der Waals surface area contributed by atoms with Crippen molar-refractivity contribution in [1.82, 2.24) is 19.7 Å². The van der Waals surface area contributed by atoms with Crippen molar-refractivity contribution < 1.29 is 28.3 Å². The number of thioether (sulfide) groups is 1. The summed E-state index contributed by atoms with van der Waals surface area (Å²) in [5.41, 5.74) is 1.54. The average Bonchev–Trinajstić information content (AvgIpc) is 3.67. The first-order valence-electron chi connectivity index (χ1n) is 11.5. The Balaban J connectivity index is 1.39. The Labute approximate surface area is 239 Å². The van der Waals surface area contributed by atoms with Crippen LogP contribution in [0.3, 0.4) is 0 Å². The molecular weight excluding hydrogens is 581 g/mol. The topological polar surface area (TPSA) is 117 Å². The van der Waals surface area contributed by atoms with E-state index in [0.29, 0.717) is 21.7 Å². The summed E-state index contributed by atoms with van der Waals surface area (Å²) in [6, 6.07) is 9.84. The Kier molecular flexibility index (Phi) is 7.82. The predicted molar refractivity (Wildman–Crippen MR) is 151 cm³/mol. The summed E-state index contributed by atoms with van der Waals surface area (Å²) < 4.78 is 28.6. The number of thiocarbonyl (C=S) groups is 1. The van der Waals surface area contributed by atoms with Crippen LogP contribution in [0.1, 0.15) is 15.2 Å². The van der Waals surface area contributed by atoms with E-state index in [4.69, 9.17) is 17.3 Å². The maximum absolute atomic E-state index is 13.7. The fraction of sp³-hybridized carbons (Fsp3) is 0.0769. The molecule has 2 amide bonds. The van der Waals surface area contributed by atoms with E-state index < -0.39 is 35.5 Å². The van der Waals surface area contributed by atoms with Gasteiger partial charge in [-0.3, -0.25) is 19.2 Å². The normalized spacial score (nSPS) is 15.1. The third-order valence-electron chi connectivity index (χ3n) is 5.81. The quantitative estimate of drug-likeness (QED) is 0.218. The van der Waals surface area contributed by atoms with Crippen LogP contribution in [0, 0.1) is 11.6 Å². The van der Waals surface area contributed by atoms with Gasteiger partial charge in [-0.1, -0.05) is 30.0 Å². The van der Waals surface area contributed by atoms with E-state index in [2.05, 4.69) is 15.4 Å². The molecule has 1 aliphatic rings. The van der Waals surface area contributed by atoms with Gasteiger partial charge in [-0.05, 0) is 65.0 Å². The summed E-state index contributed by atoms with van der Waals surface area (Å²) in [4.78, 5) is 44.1. The zero-order chi connectivity index (χ0) is 28.4. The number of benzene rings is 2. The molecular formula is C26H17F2N5O4S3. The first-order chi connectivity index (χ1) is 19.2. The molecule has 0 saturated carbocycles. The summed E-state index contributed by atoms with van der Waals surface area (Å²) >= 11 is 7.82. The Morgan fingerprint density at radius 2 is 1.88 bits per heavy atom. The van der Waals surface area contributed by atoms with Gasteiger partial charge in [0, 0.05) is 10.6 Å². The molecule has 0 aliphatic carbocycles. The standard InChI is InChI=1S/C26H17F2N5O4S3/c27-19-6-3-15(8-20(19)28)16-7-18(39-11-16)9-22-24(35)33(26(38)40-22)21(10-32-13-29-12-30-32)23(34)31-17-4-1-14(2-5-17)25(36)37/h1-9,11-13,21H,10H2,(H,31,34)(H,36,37)/t21-/m0/s1. The number of aromatic carboxylic acids is 1. The van der Waals surface area contributed by atoms with Gasteiger partial charge >= 0.3 is 5.97 Å². The van der Waals surface area contributed by atoms with Crippen molar-refractivity contribution in [2.45, 2.75) is 12.6 Å². The lowest BCUT2D eigenvalue weighted by molar-refractivity contribution is -0.130. The Bertz CT molecular complexity index is 1650. The summed E-state index contributed by atoms with van der Waals surface area (Å²) in [6.45, 7) is -0.0436.